The van der Waals surface area contributed by atoms with Gasteiger partial charge in [0.2, 0.25) is 0 Å². The van der Waals surface area contributed by atoms with Crippen LogP contribution in [0.3, 0.4) is 0 Å². The fourth-order valence-electron chi connectivity index (χ4n) is 2.93. The van der Waals surface area contributed by atoms with E-state index in [0.717, 1.165) is 11.6 Å². The first-order chi connectivity index (χ1) is 11.8. The Morgan fingerprint density at radius 1 is 1.16 bits per heavy atom. The van der Waals surface area contributed by atoms with Gasteiger partial charge in [-0.25, -0.2) is 4.98 Å². The number of hydrogen-bond donors (Lipinski definition) is 1. The number of alkyl halides is 3. The van der Waals surface area contributed by atoms with Gasteiger partial charge in [0.1, 0.15) is 5.82 Å². The van der Waals surface area contributed by atoms with Gasteiger partial charge in [-0.3, -0.25) is 9.69 Å². The molecule has 134 valence electrons. The number of nitrogens with one attached hydrogen (secondary N) is 1. The van der Waals surface area contributed by atoms with Crippen molar-refractivity contribution in [3.63, 3.8) is 0 Å². The van der Waals surface area contributed by atoms with Gasteiger partial charge in [-0.1, -0.05) is 6.07 Å². The molecule has 0 atom stereocenters. The predicted octanol–water partition coefficient (Wildman–Crippen LogP) is 2.42. The molecule has 0 radical (unpaired) electrons. The molecule has 0 spiro atoms. The lowest BCUT2D eigenvalue weighted by molar-refractivity contribution is -0.137. The SMILES string of the molecule is Cc1ccc(C(F)(F)F)cc1CN1CCN(c2cc(=O)[nH]cn2)CC1. The topological polar surface area (TPSA) is 52.2 Å². The van der Waals surface area contributed by atoms with E-state index in [9.17, 15) is 18.0 Å². The van der Waals surface area contributed by atoms with Crippen LogP contribution < -0.4 is 10.5 Å². The molecule has 0 bridgehead atoms. The summed E-state index contributed by atoms with van der Waals surface area (Å²) < 4.78 is 38.7. The molecule has 0 amide bonds. The Bertz CT molecular complexity index is 795. The van der Waals surface area contributed by atoms with Crippen LogP contribution >= 0.6 is 0 Å². The van der Waals surface area contributed by atoms with Gasteiger partial charge in [0.15, 0.2) is 0 Å². The summed E-state index contributed by atoms with van der Waals surface area (Å²) in [5, 5.41) is 0. The van der Waals surface area contributed by atoms with E-state index < -0.39 is 11.7 Å². The van der Waals surface area contributed by atoms with Gasteiger partial charge in [0.25, 0.3) is 5.56 Å². The third kappa shape index (κ3) is 4.19. The molecule has 25 heavy (non-hydrogen) atoms. The van der Waals surface area contributed by atoms with Gasteiger partial charge in [-0.05, 0) is 30.2 Å². The zero-order valence-electron chi connectivity index (χ0n) is 13.8. The number of H-pyrrole nitrogens is 1. The summed E-state index contributed by atoms with van der Waals surface area (Å²) in [6.07, 6.45) is -2.96. The lowest BCUT2D eigenvalue weighted by Gasteiger charge is -2.35. The Hall–Kier alpha value is -2.35. The van der Waals surface area contributed by atoms with Crippen LogP contribution in [0.4, 0.5) is 19.0 Å². The van der Waals surface area contributed by atoms with Gasteiger partial charge in [0, 0.05) is 38.8 Å². The summed E-state index contributed by atoms with van der Waals surface area (Å²) in [6.45, 7) is 5.05. The normalized spacial score (nSPS) is 16.2. The maximum atomic E-state index is 12.9. The van der Waals surface area contributed by atoms with Gasteiger partial charge in [0.05, 0.1) is 11.9 Å². The van der Waals surface area contributed by atoms with Gasteiger partial charge < -0.3 is 9.88 Å². The summed E-state index contributed by atoms with van der Waals surface area (Å²) in [4.78, 5) is 22.1. The summed E-state index contributed by atoms with van der Waals surface area (Å²) in [5.41, 5.74) is 0.732. The highest BCUT2D eigenvalue weighted by molar-refractivity contribution is 5.37. The first kappa shape index (κ1) is 17.5. The number of benzene rings is 1. The number of rotatable bonds is 3. The van der Waals surface area contributed by atoms with E-state index in [0.29, 0.717) is 44.1 Å². The summed E-state index contributed by atoms with van der Waals surface area (Å²) in [6, 6.07) is 5.33. The highest BCUT2D eigenvalue weighted by Crippen LogP contribution is 2.31. The number of nitrogens with zero attached hydrogens (tertiary/aromatic N) is 3. The van der Waals surface area contributed by atoms with E-state index in [1.807, 2.05) is 11.8 Å². The van der Waals surface area contributed by atoms with Crippen molar-refractivity contribution in [2.45, 2.75) is 19.6 Å². The molecule has 1 aliphatic heterocycles. The van der Waals surface area contributed by atoms with Crippen LogP contribution in [0.15, 0.2) is 35.4 Å². The molecule has 1 N–H and O–H groups in total. The van der Waals surface area contributed by atoms with E-state index in [1.165, 1.54) is 24.5 Å². The van der Waals surface area contributed by atoms with Crippen molar-refractivity contribution in [3.05, 3.63) is 57.6 Å². The second-order valence-corrected chi connectivity index (χ2v) is 6.17. The van der Waals surface area contributed by atoms with Crippen LogP contribution in [0, 0.1) is 6.92 Å². The lowest BCUT2D eigenvalue weighted by Crippen LogP contribution is -2.46. The quantitative estimate of drug-likeness (QED) is 0.922. The molecule has 1 fully saturated rings. The minimum atomic E-state index is -4.33. The van der Waals surface area contributed by atoms with E-state index >= 15 is 0 Å². The van der Waals surface area contributed by atoms with Crippen LogP contribution in [-0.4, -0.2) is 41.0 Å². The Balaban J connectivity index is 1.65. The Kier molecular flexibility index (Phi) is 4.80. The molecule has 2 heterocycles. The molecule has 0 saturated carbocycles. The van der Waals surface area contributed by atoms with Crippen LogP contribution in [0.25, 0.3) is 0 Å². The van der Waals surface area contributed by atoms with Crippen molar-refractivity contribution in [2.75, 3.05) is 31.1 Å². The van der Waals surface area contributed by atoms with Crippen molar-refractivity contribution in [1.29, 1.82) is 0 Å². The van der Waals surface area contributed by atoms with E-state index in [1.54, 1.807) is 0 Å². The van der Waals surface area contributed by atoms with Crippen molar-refractivity contribution < 1.29 is 13.2 Å². The summed E-state index contributed by atoms with van der Waals surface area (Å²) in [7, 11) is 0. The largest absolute Gasteiger partial charge is 0.416 e. The minimum Gasteiger partial charge on any atom is -0.354 e. The fraction of sp³-hybridized carbons (Fsp3) is 0.412. The third-order valence-electron chi connectivity index (χ3n) is 4.43. The lowest BCUT2D eigenvalue weighted by atomic mass is 10.0. The average Bonchev–Trinajstić information content (AvgIpc) is 2.56. The maximum absolute atomic E-state index is 12.9. The fourth-order valence-corrected chi connectivity index (χ4v) is 2.93. The van der Waals surface area contributed by atoms with Crippen LogP contribution in [0.2, 0.25) is 0 Å². The zero-order valence-corrected chi connectivity index (χ0v) is 13.8. The number of hydrogen-bond acceptors (Lipinski definition) is 4. The average molecular weight is 352 g/mol. The highest BCUT2D eigenvalue weighted by Gasteiger charge is 2.31. The monoisotopic (exact) mass is 352 g/mol. The minimum absolute atomic E-state index is 0.202. The third-order valence-corrected chi connectivity index (χ3v) is 4.43. The molecule has 1 saturated heterocycles. The number of halogens is 3. The molecule has 1 aromatic carbocycles. The molecule has 0 aliphatic carbocycles. The predicted molar refractivity (Wildman–Crippen MR) is 88.5 cm³/mol. The summed E-state index contributed by atoms with van der Waals surface area (Å²) in [5.74, 6) is 0.624. The maximum Gasteiger partial charge on any atom is 0.416 e. The number of aromatic nitrogens is 2. The molecule has 1 aromatic heterocycles. The molecular formula is C17H19F3N4O. The Labute approximate surface area is 143 Å². The molecule has 3 rings (SSSR count). The molecule has 1 aliphatic rings. The smallest absolute Gasteiger partial charge is 0.354 e. The first-order valence-corrected chi connectivity index (χ1v) is 8.02. The van der Waals surface area contributed by atoms with Crippen LogP contribution in [-0.2, 0) is 12.7 Å². The van der Waals surface area contributed by atoms with E-state index in [-0.39, 0.29) is 5.56 Å². The number of anilines is 1. The molecular weight excluding hydrogens is 333 g/mol. The van der Waals surface area contributed by atoms with E-state index in [4.69, 9.17) is 0 Å². The van der Waals surface area contributed by atoms with Gasteiger partial charge in [-0.15, -0.1) is 0 Å². The molecule has 8 heteroatoms. The van der Waals surface area contributed by atoms with Crippen molar-refractivity contribution in [3.8, 4) is 0 Å². The number of piperazine rings is 1. The Morgan fingerprint density at radius 2 is 1.88 bits per heavy atom. The number of aryl methyl sites for hydroxylation is 1. The zero-order chi connectivity index (χ0) is 18.0. The second kappa shape index (κ2) is 6.87. The standard InChI is InChI=1S/C17H19F3N4O/c1-12-2-3-14(17(18,19)20)8-13(12)10-23-4-6-24(7-5-23)15-9-16(25)22-11-21-15/h2-3,8-9,11H,4-7,10H2,1H3,(H,21,22,25). The molecule has 5 nitrogen and oxygen atoms in total. The van der Waals surface area contributed by atoms with Gasteiger partial charge in [-0.2, -0.15) is 13.2 Å². The van der Waals surface area contributed by atoms with Crippen LogP contribution in [0.5, 0.6) is 0 Å². The van der Waals surface area contributed by atoms with Gasteiger partial charge >= 0.3 is 6.18 Å². The molecule has 0 unspecified atom stereocenters. The first-order valence-electron chi connectivity index (χ1n) is 8.02. The Morgan fingerprint density at radius 3 is 2.52 bits per heavy atom. The van der Waals surface area contributed by atoms with Crippen LogP contribution in [0.1, 0.15) is 16.7 Å². The van der Waals surface area contributed by atoms with Crippen molar-refractivity contribution in [2.24, 2.45) is 0 Å². The highest BCUT2D eigenvalue weighted by atomic mass is 19.4. The van der Waals surface area contributed by atoms with Crippen molar-refractivity contribution in [1.82, 2.24) is 14.9 Å². The van der Waals surface area contributed by atoms with E-state index in [2.05, 4.69) is 14.9 Å². The number of aromatic amines is 1. The summed E-state index contributed by atoms with van der Waals surface area (Å²) >= 11 is 0. The second-order valence-electron chi connectivity index (χ2n) is 6.17. The van der Waals surface area contributed by atoms with Crippen molar-refractivity contribution >= 4 is 5.82 Å². The molecule has 2 aromatic rings.